The number of nitrogens with two attached hydrogens (primary N) is 2. The summed E-state index contributed by atoms with van der Waals surface area (Å²) in [6.45, 7) is 6.85. The van der Waals surface area contributed by atoms with Gasteiger partial charge < -0.3 is 20.9 Å². The number of nitrogens with zero attached hydrogens (tertiary/aromatic N) is 7. The van der Waals surface area contributed by atoms with Crippen LogP contribution in [-0.2, 0) is 19.4 Å². The van der Waals surface area contributed by atoms with Gasteiger partial charge in [0.15, 0.2) is 11.5 Å². The minimum Gasteiger partial charge on any atom is -0.382 e. The van der Waals surface area contributed by atoms with Crippen LogP contribution in [0.3, 0.4) is 0 Å². The van der Waals surface area contributed by atoms with E-state index >= 15 is 0 Å². The van der Waals surface area contributed by atoms with Gasteiger partial charge in [-0.2, -0.15) is 31.9 Å². The molecule has 0 aliphatic carbocycles. The topological polar surface area (TPSA) is 203 Å². The molecule has 13 nitrogen and oxygen atoms in total. The van der Waals surface area contributed by atoms with Crippen molar-refractivity contribution in [2.24, 2.45) is 5.84 Å². The minimum absolute atomic E-state index is 0.0364. The van der Waals surface area contributed by atoms with Gasteiger partial charge in [-0.25, -0.2) is 15.8 Å². The van der Waals surface area contributed by atoms with Crippen LogP contribution in [0.2, 0.25) is 0 Å². The van der Waals surface area contributed by atoms with Crippen molar-refractivity contribution in [2.75, 3.05) is 35.4 Å². The molecular formula is C29H36N12OS2. The van der Waals surface area contributed by atoms with E-state index in [1.54, 1.807) is 22.5 Å². The Balaban J connectivity index is 1.40. The fraction of sp³-hybridized carbons (Fsp3) is 0.379. The van der Waals surface area contributed by atoms with Crippen molar-refractivity contribution in [1.82, 2.24) is 29.5 Å². The van der Waals surface area contributed by atoms with Crippen LogP contribution in [0.25, 0.3) is 5.65 Å². The number of hydrogen-bond acceptors (Lipinski definition) is 12. The Morgan fingerprint density at radius 1 is 1.27 bits per heavy atom. The third kappa shape index (κ3) is 6.40. The maximum absolute atomic E-state index is 13.2. The third-order valence-corrected chi connectivity index (χ3v) is 9.09. The van der Waals surface area contributed by atoms with Crippen LogP contribution in [0.4, 0.5) is 11.6 Å². The molecule has 4 heterocycles. The van der Waals surface area contributed by atoms with Crippen LogP contribution >= 0.6 is 23.5 Å². The monoisotopic (exact) mass is 632 g/mol. The number of nitrogens with one attached hydrogen (secondary N) is 3. The Bertz CT molecular complexity index is 1790. The van der Waals surface area contributed by atoms with Crippen molar-refractivity contribution in [2.45, 2.75) is 46.6 Å². The van der Waals surface area contributed by atoms with E-state index in [1.807, 2.05) is 45.2 Å². The maximum Gasteiger partial charge on any atom is 0.253 e. The summed E-state index contributed by atoms with van der Waals surface area (Å²) in [6.07, 6.45) is 5.51. The minimum atomic E-state index is -0.0682. The molecule has 4 rings (SSSR count). The Morgan fingerprint density at radius 3 is 2.70 bits per heavy atom. The van der Waals surface area contributed by atoms with E-state index in [0.29, 0.717) is 65.3 Å². The van der Waals surface area contributed by atoms with Crippen LogP contribution in [0.5, 0.6) is 0 Å². The second kappa shape index (κ2) is 14.4. The van der Waals surface area contributed by atoms with E-state index in [-0.39, 0.29) is 28.3 Å². The molecule has 3 aromatic heterocycles. The lowest BCUT2D eigenvalue weighted by Crippen LogP contribution is -2.47. The van der Waals surface area contributed by atoms with E-state index < -0.39 is 0 Å². The number of thioether (sulfide) groups is 2. The number of nitrogen functional groups attached to an aromatic ring is 1. The fourth-order valence-corrected chi connectivity index (χ4v) is 6.52. The average molecular weight is 633 g/mol. The molecule has 0 saturated carbocycles. The predicted octanol–water partition coefficient (Wildman–Crippen LogP) is 3.08. The largest absolute Gasteiger partial charge is 0.382 e. The summed E-state index contributed by atoms with van der Waals surface area (Å²) in [4.78, 5) is 17.9. The summed E-state index contributed by atoms with van der Waals surface area (Å²) >= 11 is 3.03. The first kappa shape index (κ1) is 32.5. The lowest BCUT2D eigenvalue weighted by Gasteiger charge is -2.31. The highest BCUT2D eigenvalue weighted by atomic mass is 32.2. The first-order chi connectivity index (χ1) is 21.2. The number of amidine groups is 1. The van der Waals surface area contributed by atoms with Crippen molar-refractivity contribution in [3.63, 3.8) is 0 Å². The molecule has 15 heteroatoms. The molecular weight excluding hydrogens is 597 g/mol. The summed E-state index contributed by atoms with van der Waals surface area (Å²) in [7, 11) is 0. The van der Waals surface area contributed by atoms with Crippen LogP contribution < -0.4 is 27.8 Å². The van der Waals surface area contributed by atoms with E-state index in [9.17, 15) is 15.3 Å². The van der Waals surface area contributed by atoms with Crippen LogP contribution in [0.15, 0.2) is 45.1 Å². The van der Waals surface area contributed by atoms with Crippen LogP contribution in [-0.4, -0.2) is 54.3 Å². The maximum atomic E-state index is 13.2. The van der Waals surface area contributed by atoms with Gasteiger partial charge in [0.25, 0.3) is 5.56 Å². The molecule has 0 fully saturated rings. The molecule has 0 aromatic carbocycles. The SMILES string of the molecule is CC/C(CSCCn1cccc(CCNc2nc3c(CC)c(C)nn3c(N)c2C#N)c1=O)=C1\NC(SC)=C(C#N)C(=N)N1N. The number of nitriles is 2. The van der Waals surface area contributed by atoms with Gasteiger partial charge in [0.1, 0.15) is 40.7 Å². The molecule has 1 aliphatic heterocycles. The molecule has 0 amide bonds. The molecule has 7 N–H and O–H groups in total. The predicted molar refractivity (Wildman–Crippen MR) is 177 cm³/mol. The number of pyridine rings is 1. The summed E-state index contributed by atoms with van der Waals surface area (Å²) < 4.78 is 3.21. The second-order valence-corrected chi connectivity index (χ2v) is 11.8. The highest BCUT2D eigenvalue weighted by Gasteiger charge is 2.27. The third-order valence-electron chi connectivity index (χ3n) is 7.36. The standard InChI is InChI=1S/C29H36N12OS2/c1-5-18(26-37-28(43-4)22(15-31)23(32)40(26)34)16-44-13-12-39-11-7-8-19(29(39)42)9-10-35-25-21(14-30)24(33)41-27(36-25)20(6-2)17(3)38-41/h7-8,11,32,37H,5-6,9-10,12-13,16,33-34H2,1-4H3,(H,35,36)/b26-18-,32-23?. The second-order valence-electron chi connectivity index (χ2n) is 9.92. The average Bonchev–Trinajstić information content (AvgIpc) is 3.35. The van der Waals surface area contributed by atoms with Crippen molar-refractivity contribution >= 4 is 46.6 Å². The Labute approximate surface area is 264 Å². The Kier molecular flexibility index (Phi) is 10.6. The normalized spacial score (nSPS) is 14.4. The molecule has 0 spiro atoms. The fourth-order valence-electron chi connectivity index (χ4n) is 4.92. The first-order valence-electron chi connectivity index (χ1n) is 14.1. The van der Waals surface area contributed by atoms with E-state index in [4.69, 9.17) is 17.0 Å². The summed E-state index contributed by atoms with van der Waals surface area (Å²) in [5.41, 5.74) is 10.7. The molecule has 0 radical (unpaired) electrons. The smallest absolute Gasteiger partial charge is 0.253 e. The number of hydrogen-bond donors (Lipinski definition) is 5. The zero-order chi connectivity index (χ0) is 32.0. The molecule has 44 heavy (non-hydrogen) atoms. The molecule has 0 saturated heterocycles. The van der Waals surface area contributed by atoms with Gasteiger partial charge in [-0.3, -0.25) is 10.2 Å². The number of rotatable bonds is 12. The lowest BCUT2D eigenvalue weighted by atomic mass is 10.2. The molecule has 0 bridgehead atoms. The van der Waals surface area contributed by atoms with Gasteiger partial charge in [0, 0.05) is 41.9 Å². The van der Waals surface area contributed by atoms with Crippen molar-refractivity contribution < 1.29 is 0 Å². The Hall–Kier alpha value is -4.44. The summed E-state index contributed by atoms with van der Waals surface area (Å²) in [6, 6.07) is 7.84. The quantitative estimate of drug-likeness (QED) is 0.144. The van der Waals surface area contributed by atoms with E-state index in [2.05, 4.69) is 26.8 Å². The van der Waals surface area contributed by atoms with Crippen LogP contribution in [0.1, 0.15) is 42.7 Å². The molecule has 3 aromatic rings. The molecule has 0 atom stereocenters. The van der Waals surface area contributed by atoms with E-state index in [0.717, 1.165) is 23.3 Å². The number of aromatic nitrogens is 4. The molecule has 0 unspecified atom stereocenters. The van der Waals surface area contributed by atoms with Crippen molar-refractivity contribution in [3.05, 3.63) is 73.1 Å². The molecule has 230 valence electrons. The van der Waals surface area contributed by atoms with Crippen molar-refractivity contribution in [1.29, 1.82) is 15.9 Å². The first-order valence-corrected chi connectivity index (χ1v) is 16.5. The van der Waals surface area contributed by atoms with Gasteiger partial charge in [0.2, 0.25) is 0 Å². The summed E-state index contributed by atoms with van der Waals surface area (Å²) in [5.74, 6) is 8.69. The van der Waals surface area contributed by atoms with Gasteiger partial charge in [-0.1, -0.05) is 19.9 Å². The zero-order valence-corrected chi connectivity index (χ0v) is 26.8. The van der Waals surface area contributed by atoms with E-state index in [1.165, 1.54) is 21.3 Å². The summed E-state index contributed by atoms with van der Waals surface area (Å²) in [5, 5.41) is 40.1. The highest BCUT2D eigenvalue weighted by Crippen LogP contribution is 2.27. The lowest BCUT2D eigenvalue weighted by molar-refractivity contribution is 0.488. The van der Waals surface area contributed by atoms with Gasteiger partial charge in [0.05, 0.1) is 10.7 Å². The Morgan fingerprint density at radius 2 is 2.05 bits per heavy atom. The van der Waals surface area contributed by atoms with Crippen LogP contribution in [0, 0.1) is 35.0 Å². The van der Waals surface area contributed by atoms with Gasteiger partial charge in [-0.05, 0) is 44.1 Å². The van der Waals surface area contributed by atoms with Crippen molar-refractivity contribution in [3.8, 4) is 12.1 Å². The number of aryl methyl sites for hydroxylation is 3. The molecule has 1 aliphatic rings. The number of fused-ring (bicyclic) bond motifs is 1. The van der Waals surface area contributed by atoms with Gasteiger partial charge >= 0.3 is 0 Å². The number of hydrazine groups is 1. The zero-order valence-electron chi connectivity index (χ0n) is 25.2. The number of anilines is 2. The van der Waals surface area contributed by atoms with Gasteiger partial charge in [-0.15, -0.1) is 11.8 Å². The highest BCUT2D eigenvalue weighted by molar-refractivity contribution is 8.02.